The Balaban J connectivity index is 2.15. The van der Waals surface area contributed by atoms with E-state index >= 15 is 0 Å². The quantitative estimate of drug-likeness (QED) is 0.746. The van der Waals surface area contributed by atoms with E-state index in [4.69, 9.17) is 16.0 Å². The van der Waals surface area contributed by atoms with Gasteiger partial charge in [0.05, 0.1) is 5.75 Å². The first-order valence-corrected chi connectivity index (χ1v) is 9.60. The maximum atomic E-state index is 11.8. The Bertz CT molecular complexity index is 788. The number of thioether (sulfide) groups is 1. The van der Waals surface area contributed by atoms with Crippen LogP contribution in [0.1, 0.15) is 38.3 Å². The first-order chi connectivity index (χ1) is 11.4. The third kappa shape index (κ3) is 4.77. The summed E-state index contributed by atoms with van der Waals surface area (Å²) in [6, 6.07) is 5.31. The van der Waals surface area contributed by atoms with Gasteiger partial charge in [-0.25, -0.2) is 4.79 Å². The van der Waals surface area contributed by atoms with E-state index in [1.165, 1.54) is 17.8 Å². The molecule has 1 aromatic carbocycles. The van der Waals surface area contributed by atoms with Gasteiger partial charge >= 0.3 is 5.63 Å². The minimum Gasteiger partial charge on any atom is -0.423 e. The second-order valence-corrected chi connectivity index (χ2v) is 7.15. The summed E-state index contributed by atoms with van der Waals surface area (Å²) in [7, 11) is 0. The van der Waals surface area contributed by atoms with Crippen molar-refractivity contribution in [2.45, 2.75) is 45.4 Å². The van der Waals surface area contributed by atoms with Crippen LogP contribution in [-0.2, 0) is 17.0 Å². The fourth-order valence-electron chi connectivity index (χ4n) is 2.35. The van der Waals surface area contributed by atoms with Crippen LogP contribution in [0.4, 0.5) is 0 Å². The zero-order valence-electron chi connectivity index (χ0n) is 14.1. The average Bonchev–Trinajstić information content (AvgIpc) is 2.54. The van der Waals surface area contributed by atoms with Gasteiger partial charge in [0.2, 0.25) is 5.91 Å². The SMILES string of the molecule is CCc1cc2oc(=O)cc(CSCC(=O)NC(C)CC)c2cc1Cl. The Morgan fingerprint density at radius 2 is 2.04 bits per heavy atom. The van der Waals surface area contributed by atoms with Crippen molar-refractivity contribution >= 4 is 40.2 Å². The molecule has 1 heterocycles. The lowest BCUT2D eigenvalue weighted by Crippen LogP contribution is -2.33. The van der Waals surface area contributed by atoms with Crippen molar-refractivity contribution < 1.29 is 9.21 Å². The van der Waals surface area contributed by atoms with Crippen LogP contribution in [0.25, 0.3) is 11.0 Å². The first-order valence-electron chi connectivity index (χ1n) is 8.06. The Morgan fingerprint density at radius 1 is 1.29 bits per heavy atom. The third-order valence-corrected chi connectivity index (χ3v) is 5.22. The van der Waals surface area contributed by atoms with E-state index in [0.717, 1.165) is 29.4 Å². The highest BCUT2D eigenvalue weighted by atomic mass is 35.5. The lowest BCUT2D eigenvalue weighted by atomic mass is 10.1. The van der Waals surface area contributed by atoms with Crippen LogP contribution in [-0.4, -0.2) is 17.7 Å². The van der Waals surface area contributed by atoms with E-state index in [0.29, 0.717) is 22.1 Å². The van der Waals surface area contributed by atoms with Gasteiger partial charge in [-0.05, 0) is 43.0 Å². The topological polar surface area (TPSA) is 59.3 Å². The highest BCUT2D eigenvalue weighted by Crippen LogP contribution is 2.28. The van der Waals surface area contributed by atoms with Crippen LogP contribution in [0.15, 0.2) is 27.4 Å². The molecule has 1 atom stereocenters. The number of hydrogen-bond acceptors (Lipinski definition) is 4. The van der Waals surface area contributed by atoms with E-state index < -0.39 is 0 Å². The zero-order chi connectivity index (χ0) is 17.7. The fraction of sp³-hybridized carbons (Fsp3) is 0.444. The van der Waals surface area contributed by atoms with Gasteiger partial charge in [0.1, 0.15) is 5.58 Å². The Hall–Kier alpha value is -1.46. The molecule has 0 bridgehead atoms. The lowest BCUT2D eigenvalue weighted by molar-refractivity contribution is -0.119. The molecule has 2 aromatic rings. The predicted octanol–water partition coefficient (Wildman–Crippen LogP) is 4.16. The number of halogens is 1. The maximum Gasteiger partial charge on any atom is 0.336 e. The van der Waals surface area contributed by atoms with Crippen molar-refractivity contribution in [3.63, 3.8) is 0 Å². The minimum absolute atomic E-state index is 0.00734. The molecule has 0 saturated carbocycles. The molecule has 24 heavy (non-hydrogen) atoms. The highest BCUT2D eigenvalue weighted by molar-refractivity contribution is 7.99. The van der Waals surface area contributed by atoms with Gasteiger partial charge in [0, 0.05) is 28.3 Å². The number of carbonyl (C=O) groups excluding carboxylic acids is 1. The number of carbonyl (C=O) groups is 1. The van der Waals surface area contributed by atoms with Gasteiger partial charge in [0.25, 0.3) is 0 Å². The smallest absolute Gasteiger partial charge is 0.336 e. The number of rotatable bonds is 7. The van der Waals surface area contributed by atoms with Crippen LogP contribution < -0.4 is 10.9 Å². The summed E-state index contributed by atoms with van der Waals surface area (Å²) in [5.74, 6) is 0.915. The number of benzene rings is 1. The summed E-state index contributed by atoms with van der Waals surface area (Å²) >= 11 is 7.75. The standard InChI is InChI=1S/C18H22ClNO3S/c1-4-11(3)20-17(21)10-24-9-13-7-18(22)23-16-6-12(5-2)15(19)8-14(13)16/h6-8,11H,4-5,9-10H2,1-3H3,(H,20,21). The van der Waals surface area contributed by atoms with E-state index in [-0.39, 0.29) is 17.6 Å². The van der Waals surface area contributed by atoms with Crippen molar-refractivity contribution in [3.8, 4) is 0 Å². The molecule has 0 saturated heterocycles. The molecule has 4 nitrogen and oxygen atoms in total. The molecule has 1 aromatic heterocycles. The normalized spacial score (nSPS) is 12.3. The van der Waals surface area contributed by atoms with Crippen molar-refractivity contribution in [3.05, 3.63) is 44.8 Å². The Kier molecular flexibility index (Phi) is 6.75. The second kappa shape index (κ2) is 8.58. The zero-order valence-corrected chi connectivity index (χ0v) is 15.7. The highest BCUT2D eigenvalue weighted by Gasteiger charge is 2.11. The van der Waals surface area contributed by atoms with Gasteiger partial charge in [-0.3, -0.25) is 4.79 Å². The van der Waals surface area contributed by atoms with Gasteiger partial charge in [-0.1, -0.05) is 25.4 Å². The summed E-state index contributed by atoms with van der Waals surface area (Å²) in [5, 5.41) is 4.42. The molecule has 130 valence electrons. The second-order valence-electron chi connectivity index (χ2n) is 5.75. The molecule has 1 N–H and O–H groups in total. The molecule has 1 unspecified atom stereocenters. The van der Waals surface area contributed by atoms with E-state index in [9.17, 15) is 9.59 Å². The average molecular weight is 368 g/mol. The molecule has 2 rings (SSSR count). The fourth-order valence-corrected chi connectivity index (χ4v) is 3.48. The largest absolute Gasteiger partial charge is 0.423 e. The van der Waals surface area contributed by atoms with Gasteiger partial charge < -0.3 is 9.73 Å². The number of hydrogen-bond donors (Lipinski definition) is 1. The minimum atomic E-state index is -0.383. The van der Waals surface area contributed by atoms with E-state index in [1.807, 2.05) is 32.9 Å². The molecule has 6 heteroatoms. The van der Waals surface area contributed by atoms with Crippen LogP contribution in [0.2, 0.25) is 5.02 Å². The van der Waals surface area contributed by atoms with Crippen LogP contribution in [0.5, 0.6) is 0 Å². The van der Waals surface area contributed by atoms with Crippen LogP contribution >= 0.6 is 23.4 Å². The van der Waals surface area contributed by atoms with Crippen molar-refractivity contribution in [2.75, 3.05) is 5.75 Å². The third-order valence-electron chi connectivity index (χ3n) is 3.89. The van der Waals surface area contributed by atoms with E-state index in [1.54, 1.807) is 0 Å². The monoisotopic (exact) mass is 367 g/mol. The van der Waals surface area contributed by atoms with Gasteiger partial charge in [0.15, 0.2) is 0 Å². The van der Waals surface area contributed by atoms with Gasteiger partial charge in [-0.2, -0.15) is 0 Å². The predicted molar refractivity (Wildman–Crippen MR) is 101 cm³/mol. The summed E-state index contributed by atoms with van der Waals surface area (Å²) < 4.78 is 5.29. The number of nitrogens with one attached hydrogen (secondary N) is 1. The first kappa shape index (κ1) is 18.9. The summed E-state index contributed by atoms with van der Waals surface area (Å²) in [4.78, 5) is 23.6. The number of fused-ring (bicyclic) bond motifs is 1. The molecule has 1 amide bonds. The molecular formula is C18H22ClNO3S. The summed E-state index contributed by atoms with van der Waals surface area (Å²) in [5.41, 5.74) is 1.95. The van der Waals surface area contributed by atoms with Crippen molar-refractivity contribution in [1.29, 1.82) is 0 Å². The van der Waals surface area contributed by atoms with E-state index in [2.05, 4.69) is 5.32 Å². The van der Waals surface area contributed by atoms with Crippen molar-refractivity contribution in [1.82, 2.24) is 5.32 Å². The Labute approximate surface area is 151 Å². The van der Waals surface area contributed by atoms with Gasteiger partial charge in [-0.15, -0.1) is 11.8 Å². The molecule has 0 aliphatic carbocycles. The van der Waals surface area contributed by atoms with Crippen LogP contribution in [0.3, 0.4) is 0 Å². The molecular weight excluding hydrogens is 346 g/mol. The molecule has 0 aliphatic rings. The van der Waals surface area contributed by atoms with Crippen LogP contribution in [0, 0.1) is 0 Å². The Morgan fingerprint density at radius 3 is 2.71 bits per heavy atom. The molecule has 0 aliphatic heterocycles. The number of amides is 1. The van der Waals surface area contributed by atoms with Crippen molar-refractivity contribution in [2.24, 2.45) is 0 Å². The maximum absolute atomic E-state index is 11.8. The molecule has 0 radical (unpaired) electrons. The molecule has 0 fully saturated rings. The summed E-state index contributed by atoms with van der Waals surface area (Å²) in [6.45, 7) is 6.01. The molecule has 0 spiro atoms. The lowest BCUT2D eigenvalue weighted by Gasteiger charge is -2.11. The summed E-state index contributed by atoms with van der Waals surface area (Å²) in [6.07, 6.45) is 1.67. The number of aryl methyl sites for hydroxylation is 1.